The lowest BCUT2D eigenvalue weighted by atomic mass is 9.92. The zero-order chi connectivity index (χ0) is 21.1. The number of carbonyl (C=O) groups is 2. The maximum Gasteiger partial charge on any atom is 0.409 e. The molecule has 1 aliphatic heterocycles. The predicted molar refractivity (Wildman–Crippen MR) is 110 cm³/mol. The van der Waals surface area contributed by atoms with Gasteiger partial charge in [-0.1, -0.05) is 20.8 Å². The Morgan fingerprint density at radius 2 is 1.79 bits per heavy atom. The van der Waals surface area contributed by atoms with Crippen LogP contribution in [-0.4, -0.2) is 52.5 Å². The lowest BCUT2D eigenvalue weighted by Gasteiger charge is -2.31. The number of hydrogen-bond acceptors (Lipinski definition) is 4. The lowest BCUT2D eigenvalue weighted by Crippen LogP contribution is -2.47. The van der Waals surface area contributed by atoms with Crippen molar-refractivity contribution in [3.63, 3.8) is 0 Å². The van der Waals surface area contributed by atoms with Crippen molar-refractivity contribution in [2.75, 3.05) is 25.0 Å². The van der Waals surface area contributed by atoms with Gasteiger partial charge in [-0.05, 0) is 40.5 Å². The van der Waals surface area contributed by atoms with E-state index in [1.165, 1.54) is 0 Å². The molecule has 0 aromatic carbocycles. The second-order valence-electron chi connectivity index (χ2n) is 9.31. The predicted octanol–water partition coefficient (Wildman–Crippen LogP) is 3.68. The number of nitrogens with one attached hydrogen (secondary N) is 2. The maximum absolute atomic E-state index is 12.6. The summed E-state index contributed by atoms with van der Waals surface area (Å²) < 4.78 is 6.89. The van der Waals surface area contributed by atoms with Crippen molar-refractivity contribution in [1.29, 1.82) is 0 Å². The Balaban J connectivity index is 1.98. The number of carbonyl (C=O) groups excluding carboxylic acids is 2. The summed E-state index contributed by atoms with van der Waals surface area (Å²) in [6.45, 7) is 15.8. The SMILES string of the molecule is CCOC(=O)N1CCC(NC(=O)Nc2cc(C(C)(C)C)nn2C(C)(C)C)CC1. The first kappa shape index (κ1) is 22.0. The monoisotopic (exact) mass is 393 g/mol. The van der Waals surface area contributed by atoms with E-state index in [-0.39, 0.29) is 29.1 Å². The van der Waals surface area contributed by atoms with Crippen LogP contribution >= 0.6 is 0 Å². The molecule has 1 aromatic heterocycles. The van der Waals surface area contributed by atoms with E-state index in [1.54, 1.807) is 11.8 Å². The second kappa shape index (κ2) is 8.41. The standard InChI is InChI=1S/C20H35N5O3/c1-8-28-18(27)24-11-9-14(10-12-24)21-17(26)22-16-13-15(19(2,3)4)23-25(16)20(5,6)7/h13-14H,8-12H2,1-7H3,(H2,21,22,26). The highest BCUT2D eigenvalue weighted by molar-refractivity contribution is 5.88. The van der Waals surface area contributed by atoms with Gasteiger partial charge >= 0.3 is 12.1 Å². The number of piperidine rings is 1. The molecule has 1 aromatic rings. The summed E-state index contributed by atoms with van der Waals surface area (Å²) >= 11 is 0. The molecule has 8 nitrogen and oxygen atoms in total. The Bertz CT molecular complexity index is 692. The van der Waals surface area contributed by atoms with Crippen LogP contribution < -0.4 is 10.6 Å². The Kier molecular flexibility index (Phi) is 6.62. The number of aromatic nitrogens is 2. The van der Waals surface area contributed by atoms with Gasteiger partial charge in [-0.2, -0.15) is 5.10 Å². The van der Waals surface area contributed by atoms with Crippen LogP contribution in [0.4, 0.5) is 15.4 Å². The largest absolute Gasteiger partial charge is 0.450 e. The topological polar surface area (TPSA) is 88.5 Å². The van der Waals surface area contributed by atoms with E-state index < -0.39 is 0 Å². The minimum Gasteiger partial charge on any atom is -0.450 e. The molecule has 0 bridgehead atoms. The molecule has 0 atom stereocenters. The molecule has 0 unspecified atom stereocenters. The summed E-state index contributed by atoms with van der Waals surface area (Å²) in [5.41, 5.74) is 0.570. The van der Waals surface area contributed by atoms with Crippen LogP contribution in [0, 0.1) is 0 Å². The molecule has 0 aliphatic carbocycles. The van der Waals surface area contributed by atoms with Gasteiger partial charge in [-0.3, -0.25) is 5.32 Å². The van der Waals surface area contributed by atoms with Crippen LogP contribution in [0.3, 0.4) is 0 Å². The van der Waals surface area contributed by atoms with E-state index in [2.05, 4.69) is 52.2 Å². The molecule has 1 saturated heterocycles. The summed E-state index contributed by atoms with van der Waals surface area (Å²) in [5, 5.41) is 10.7. The molecular weight excluding hydrogens is 358 g/mol. The van der Waals surface area contributed by atoms with Gasteiger partial charge in [0, 0.05) is 30.6 Å². The Labute approximate surface area is 168 Å². The van der Waals surface area contributed by atoms with Gasteiger partial charge in [0.05, 0.1) is 17.8 Å². The van der Waals surface area contributed by atoms with Crippen LogP contribution in [0.1, 0.15) is 67.0 Å². The summed E-state index contributed by atoms with van der Waals surface area (Å²) in [6, 6.07) is 1.72. The van der Waals surface area contributed by atoms with Crippen molar-refractivity contribution >= 4 is 17.9 Å². The van der Waals surface area contributed by atoms with Gasteiger partial charge in [0.2, 0.25) is 0 Å². The van der Waals surface area contributed by atoms with Gasteiger partial charge in [0.1, 0.15) is 5.82 Å². The summed E-state index contributed by atoms with van der Waals surface area (Å²) in [7, 11) is 0. The highest BCUT2D eigenvalue weighted by Gasteiger charge is 2.27. The minimum atomic E-state index is -0.283. The fourth-order valence-electron chi connectivity index (χ4n) is 3.11. The summed E-state index contributed by atoms with van der Waals surface area (Å²) in [5.74, 6) is 0.680. The third-order valence-electron chi connectivity index (χ3n) is 4.71. The molecule has 2 heterocycles. The molecule has 158 valence electrons. The first-order chi connectivity index (χ1) is 12.9. The Hall–Kier alpha value is -2.25. The molecular formula is C20H35N5O3. The summed E-state index contributed by atoms with van der Waals surface area (Å²) in [6.07, 6.45) is 1.13. The zero-order valence-electron chi connectivity index (χ0n) is 18.3. The second-order valence-corrected chi connectivity index (χ2v) is 9.31. The molecule has 2 rings (SSSR count). The normalized spacial score (nSPS) is 16.0. The fourth-order valence-corrected chi connectivity index (χ4v) is 3.11. The number of ether oxygens (including phenoxy) is 1. The van der Waals surface area contributed by atoms with Crippen molar-refractivity contribution in [3.05, 3.63) is 11.8 Å². The number of likely N-dealkylation sites (tertiary alicyclic amines) is 1. The molecule has 1 aliphatic rings. The molecule has 8 heteroatoms. The number of rotatable bonds is 3. The first-order valence-corrected chi connectivity index (χ1v) is 10.0. The van der Waals surface area contributed by atoms with Crippen molar-refractivity contribution in [2.24, 2.45) is 0 Å². The minimum absolute atomic E-state index is 0.0266. The number of amides is 3. The maximum atomic E-state index is 12.6. The smallest absolute Gasteiger partial charge is 0.409 e. The molecule has 0 spiro atoms. The number of hydrogen-bond donors (Lipinski definition) is 2. The van der Waals surface area contributed by atoms with Crippen molar-refractivity contribution in [1.82, 2.24) is 20.0 Å². The Morgan fingerprint density at radius 3 is 2.29 bits per heavy atom. The van der Waals surface area contributed by atoms with Crippen LogP contribution in [0.5, 0.6) is 0 Å². The van der Waals surface area contributed by atoms with Crippen LogP contribution in [0.25, 0.3) is 0 Å². The molecule has 0 radical (unpaired) electrons. The number of nitrogens with zero attached hydrogens (tertiary/aromatic N) is 3. The quantitative estimate of drug-likeness (QED) is 0.820. The molecule has 3 amide bonds. The zero-order valence-corrected chi connectivity index (χ0v) is 18.3. The van der Waals surface area contributed by atoms with Gasteiger partial charge in [0.15, 0.2) is 0 Å². The van der Waals surface area contributed by atoms with Crippen LogP contribution in [0.2, 0.25) is 0 Å². The average Bonchev–Trinajstić information content (AvgIpc) is 3.00. The van der Waals surface area contributed by atoms with Crippen molar-refractivity contribution in [2.45, 2.75) is 78.3 Å². The lowest BCUT2D eigenvalue weighted by molar-refractivity contribution is 0.0959. The van der Waals surface area contributed by atoms with E-state index in [4.69, 9.17) is 9.84 Å². The van der Waals surface area contributed by atoms with Gasteiger partial charge in [-0.25, -0.2) is 14.3 Å². The molecule has 0 saturated carbocycles. The van der Waals surface area contributed by atoms with E-state index in [1.807, 2.05) is 10.7 Å². The third kappa shape index (κ3) is 5.62. The Morgan fingerprint density at radius 1 is 1.18 bits per heavy atom. The first-order valence-electron chi connectivity index (χ1n) is 10.0. The molecule has 28 heavy (non-hydrogen) atoms. The van der Waals surface area contributed by atoms with Crippen LogP contribution in [-0.2, 0) is 15.7 Å². The number of urea groups is 1. The van der Waals surface area contributed by atoms with Gasteiger partial charge in [-0.15, -0.1) is 0 Å². The molecule has 2 N–H and O–H groups in total. The van der Waals surface area contributed by atoms with Crippen molar-refractivity contribution < 1.29 is 14.3 Å². The van der Waals surface area contributed by atoms with E-state index in [0.717, 1.165) is 5.69 Å². The number of anilines is 1. The van der Waals surface area contributed by atoms with E-state index in [0.29, 0.717) is 38.4 Å². The highest BCUT2D eigenvalue weighted by Crippen LogP contribution is 2.28. The van der Waals surface area contributed by atoms with Crippen molar-refractivity contribution in [3.8, 4) is 0 Å². The third-order valence-corrected chi connectivity index (χ3v) is 4.71. The fraction of sp³-hybridized carbons (Fsp3) is 0.750. The highest BCUT2D eigenvalue weighted by atomic mass is 16.6. The van der Waals surface area contributed by atoms with Gasteiger partial charge < -0.3 is 15.0 Å². The average molecular weight is 394 g/mol. The molecule has 1 fully saturated rings. The van der Waals surface area contributed by atoms with E-state index in [9.17, 15) is 9.59 Å². The van der Waals surface area contributed by atoms with Gasteiger partial charge in [0.25, 0.3) is 0 Å². The summed E-state index contributed by atoms with van der Waals surface area (Å²) in [4.78, 5) is 26.0. The van der Waals surface area contributed by atoms with Crippen LogP contribution in [0.15, 0.2) is 6.07 Å². The van der Waals surface area contributed by atoms with E-state index >= 15 is 0 Å².